The van der Waals surface area contributed by atoms with Crippen LogP contribution < -0.4 is 0 Å². The average molecular weight is 235 g/mol. The van der Waals surface area contributed by atoms with Crippen LogP contribution in [0.15, 0.2) is 34.9 Å². The van der Waals surface area contributed by atoms with Crippen LogP contribution in [-0.2, 0) is 4.74 Å². The van der Waals surface area contributed by atoms with Crippen molar-refractivity contribution < 1.29 is 4.74 Å². The molecule has 0 heterocycles. The first kappa shape index (κ1) is 13.8. The molecule has 14 heavy (non-hydrogen) atoms. The average Bonchev–Trinajstić information content (AvgIpc) is 2.12. The third-order valence-corrected chi connectivity index (χ3v) is 1.93. The zero-order chi connectivity index (χ0) is 10.8. The standard InChI is InChI=1S/C11H16Cl2O/c1-3-8-14-9-7-10(2)5-4-6-11(12)13/h3,6-7H,1,4-5,8-9H2,2H3/b10-7+. The predicted molar refractivity (Wildman–Crippen MR) is 63.8 cm³/mol. The molecule has 0 aromatic heterocycles. The van der Waals surface area contributed by atoms with Gasteiger partial charge in [-0.15, -0.1) is 6.58 Å². The molecule has 0 fully saturated rings. The summed E-state index contributed by atoms with van der Waals surface area (Å²) < 4.78 is 5.55. The van der Waals surface area contributed by atoms with Crippen LogP contribution in [-0.4, -0.2) is 13.2 Å². The van der Waals surface area contributed by atoms with E-state index in [9.17, 15) is 0 Å². The van der Waals surface area contributed by atoms with Gasteiger partial charge in [0.15, 0.2) is 0 Å². The van der Waals surface area contributed by atoms with Gasteiger partial charge in [0.05, 0.1) is 13.2 Å². The Morgan fingerprint density at radius 2 is 2.00 bits per heavy atom. The highest BCUT2D eigenvalue weighted by atomic mass is 35.5. The topological polar surface area (TPSA) is 9.23 Å². The highest BCUT2D eigenvalue weighted by Crippen LogP contribution is 2.11. The highest BCUT2D eigenvalue weighted by Gasteiger charge is 1.89. The van der Waals surface area contributed by atoms with Crippen molar-refractivity contribution in [1.29, 1.82) is 0 Å². The van der Waals surface area contributed by atoms with Crippen LogP contribution in [0.25, 0.3) is 0 Å². The van der Waals surface area contributed by atoms with Gasteiger partial charge in [0.25, 0.3) is 0 Å². The Bertz CT molecular complexity index is 215. The molecule has 0 aliphatic carbocycles. The molecular formula is C11H16Cl2O. The van der Waals surface area contributed by atoms with Crippen LogP contribution in [0.2, 0.25) is 0 Å². The summed E-state index contributed by atoms with van der Waals surface area (Å²) >= 11 is 11.0. The van der Waals surface area contributed by atoms with E-state index in [1.54, 1.807) is 12.2 Å². The van der Waals surface area contributed by atoms with Crippen molar-refractivity contribution in [3.63, 3.8) is 0 Å². The van der Waals surface area contributed by atoms with Crippen molar-refractivity contribution in [2.75, 3.05) is 13.2 Å². The Labute approximate surface area is 96.0 Å². The summed E-state index contributed by atoms with van der Waals surface area (Å²) in [5.74, 6) is 0. The molecule has 0 radical (unpaired) electrons. The van der Waals surface area contributed by atoms with E-state index in [0.717, 1.165) is 12.8 Å². The Morgan fingerprint density at radius 3 is 2.57 bits per heavy atom. The molecule has 0 spiro atoms. The monoisotopic (exact) mass is 234 g/mol. The Balaban J connectivity index is 3.56. The van der Waals surface area contributed by atoms with E-state index in [1.807, 2.05) is 0 Å². The first-order valence-electron chi connectivity index (χ1n) is 4.52. The lowest BCUT2D eigenvalue weighted by atomic mass is 10.1. The van der Waals surface area contributed by atoms with E-state index in [2.05, 4.69) is 19.6 Å². The van der Waals surface area contributed by atoms with Crippen molar-refractivity contribution in [2.45, 2.75) is 19.8 Å². The number of rotatable bonds is 7. The van der Waals surface area contributed by atoms with Crippen molar-refractivity contribution in [2.24, 2.45) is 0 Å². The molecule has 0 bridgehead atoms. The summed E-state index contributed by atoms with van der Waals surface area (Å²) in [5, 5.41) is 0. The number of ether oxygens (including phenoxy) is 1. The Kier molecular flexibility index (Phi) is 9.16. The van der Waals surface area contributed by atoms with E-state index in [1.165, 1.54) is 5.57 Å². The van der Waals surface area contributed by atoms with Gasteiger partial charge in [-0.2, -0.15) is 0 Å². The number of halogens is 2. The lowest BCUT2D eigenvalue weighted by Gasteiger charge is -1.99. The van der Waals surface area contributed by atoms with Gasteiger partial charge in [0, 0.05) is 0 Å². The van der Waals surface area contributed by atoms with Crippen LogP contribution in [0.3, 0.4) is 0 Å². The van der Waals surface area contributed by atoms with Crippen LogP contribution in [0.4, 0.5) is 0 Å². The normalized spacial score (nSPS) is 11.2. The highest BCUT2D eigenvalue weighted by molar-refractivity contribution is 6.55. The predicted octanol–water partition coefficient (Wildman–Crippen LogP) is 4.23. The summed E-state index contributed by atoms with van der Waals surface area (Å²) in [5.41, 5.74) is 1.28. The fraction of sp³-hybridized carbons (Fsp3) is 0.455. The molecule has 0 atom stereocenters. The second-order valence-electron chi connectivity index (χ2n) is 2.91. The summed E-state index contributed by atoms with van der Waals surface area (Å²) in [6, 6.07) is 0. The first-order chi connectivity index (χ1) is 6.66. The lowest BCUT2D eigenvalue weighted by Crippen LogP contribution is -1.91. The molecule has 0 amide bonds. The minimum atomic E-state index is 0.334. The maximum absolute atomic E-state index is 5.48. The lowest BCUT2D eigenvalue weighted by molar-refractivity contribution is 0.193. The number of hydrogen-bond donors (Lipinski definition) is 0. The van der Waals surface area contributed by atoms with E-state index in [0.29, 0.717) is 17.7 Å². The van der Waals surface area contributed by atoms with Crippen LogP contribution in [0.1, 0.15) is 19.8 Å². The Morgan fingerprint density at radius 1 is 1.29 bits per heavy atom. The summed E-state index contributed by atoms with van der Waals surface area (Å²) in [7, 11) is 0. The van der Waals surface area contributed by atoms with E-state index in [-0.39, 0.29) is 0 Å². The van der Waals surface area contributed by atoms with Crippen molar-refractivity contribution in [3.8, 4) is 0 Å². The van der Waals surface area contributed by atoms with Gasteiger partial charge in [0.2, 0.25) is 0 Å². The molecule has 0 aliphatic heterocycles. The quantitative estimate of drug-likeness (QED) is 0.473. The third kappa shape index (κ3) is 9.85. The molecule has 0 saturated carbocycles. The number of allylic oxidation sites excluding steroid dienone is 2. The zero-order valence-electron chi connectivity index (χ0n) is 8.43. The third-order valence-electron chi connectivity index (χ3n) is 1.62. The zero-order valence-corrected chi connectivity index (χ0v) is 9.94. The van der Waals surface area contributed by atoms with Crippen LogP contribution in [0, 0.1) is 0 Å². The largest absolute Gasteiger partial charge is 0.373 e. The molecule has 0 N–H and O–H groups in total. The van der Waals surface area contributed by atoms with Crippen LogP contribution in [0.5, 0.6) is 0 Å². The second kappa shape index (κ2) is 9.32. The molecule has 0 aromatic rings. The molecule has 0 rings (SSSR count). The van der Waals surface area contributed by atoms with Crippen molar-refractivity contribution >= 4 is 23.2 Å². The molecule has 0 saturated heterocycles. The van der Waals surface area contributed by atoms with Crippen molar-refractivity contribution in [1.82, 2.24) is 0 Å². The molecule has 3 heteroatoms. The van der Waals surface area contributed by atoms with Gasteiger partial charge in [-0.25, -0.2) is 0 Å². The van der Waals surface area contributed by atoms with Gasteiger partial charge in [-0.05, 0) is 19.8 Å². The Hall–Kier alpha value is -0.240. The molecular weight excluding hydrogens is 219 g/mol. The van der Waals surface area contributed by atoms with Gasteiger partial charge < -0.3 is 4.74 Å². The fourth-order valence-corrected chi connectivity index (χ4v) is 1.08. The summed E-state index contributed by atoms with van der Waals surface area (Å²) in [6.07, 6.45) is 7.41. The van der Waals surface area contributed by atoms with E-state index >= 15 is 0 Å². The molecule has 0 aromatic carbocycles. The second-order valence-corrected chi connectivity index (χ2v) is 3.92. The summed E-state index contributed by atoms with van der Waals surface area (Å²) in [4.78, 5) is 0. The van der Waals surface area contributed by atoms with Crippen LogP contribution >= 0.6 is 23.2 Å². The molecule has 0 unspecified atom stereocenters. The van der Waals surface area contributed by atoms with E-state index in [4.69, 9.17) is 27.9 Å². The minimum absolute atomic E-state index is 0.334. The molecule has 1 nitrogen and oxygen atoms in total. The fourth-order valence-electron chi connectivity index (χ4n) is 0.864. The van der Waals surface area contributed by atoms with Gasteiger partial charge >= 0.3 is 0 Å². The molecule has 0 aliphatic rings. The maximum Gasteiger partial charge on any atom is 0.102 e. The number of hydrogen-bond acceptors (Lipinski definition) is 1. The van der Waals surface area contributed by atoms with Gasteiger partial charge in [0.1, 0.15) is 4.49 Å². The minimum Gasteiger partial charge on any atom is -0.373 e. The summed E-state index contributed by atoms with van der Waals surface area (Å²) in [6.45, 7) is 6.86. The first-order valence-corrected chi connectivity index (χ1v) is 5.28. The smallest absolute Gasteiger partial charge is 0.102 e. The molecule has 80 valence electrons. The van der Waals surface area contributed by atoms with Crippen molar-refractivity contribution in [3.05, 3.63) is 34.9 Å². The van der Waals surface area contributed by atoms with Gasteiger partial charge in [-0.3, -0.25) is 0 Å². The maximum atomic E-state index is 5.48. The van der Waals surface area contributed by atoms with Gasteiger partial charge in [-0.1, -0.05) is 47.0 Å². The van der Waals surface area contributed by atoms with E-state index < -0.39 is 0 Å². The SMILES string of the molecule is C=CCOC/C=C(\C)CCC=C(Cl)Cl.